The summed E-state index contributed by atoms with van der Waals surface area (Å²) in [5.74, 6) is -0.804. The standard InChI is InChI=1S/C36H45N9O7/c1-5-50-29(47)20-44(18-17-40-34(48)51-21-27-25-13-8-6-11-23(25)24-12-7-9-14-26(24)27)28(46)19-45-22-41-30-31(37)42-33(43-32(30)45)38-15-10-16-39-35(49)52-36(2,3)4/h6-9,11-14,22,27H,5,10,15-21H2,1-4H3,(H,39,49)(H,40,48)(H3,37,38,42,43). The number of hydrogen-bond acceptors (Lipinski definition) is 12. The fourth-order valence-electron chi connectivity index (χ4n) is 5.80. The van der Waals surface area contributed by atoms with Gasteiger partial charge in [0.15, 0.2) is 11.5 Å². The molecular formula is C36H45N9O7. The van der Waals surface area contributed by atoms with Crippen LogP contribution in [0, 0.1) is 0 Å². The highest BCUT2D eigenvalue weighted by Crippen LogP contribution is 2.44. The number of nitrogens with zero attached hydrogens (tertiary/aromatic N) is 5. The van der Waals surface area contributed by atoms with Gasteiger partial charge in [0.05, 0.1) is 12.9 Å². The smallest absolute Gasteiger partial charge is 0.407 e. The monoisotopic (exact) mass is 715 g/mol. The van der Waals surface area contributed by atoms with Gasteiger partial charge in [-0.3, -0.25) is 9.59 Å². The van der Waals surface area contributed by atoms with Crippen LogP contribution >= 0.6 is 0 Å². The predicted octanol–water partition coefficient (Wildman–Crippen LogP) is 3.67. The average molecular weight is 716 g/mol. The van der Waals surface area contributed by atoms with Crippen LogP contribution in [0.25, 0.3) is 22.3 Å². The van der Waals surface area contributed by atoms with Gasteiger partial charge in [-0.2, -0.15) is 9.97 Å². The molecule has 0 saturated heterocycles. The molecule has 2 heterocycles. The quantitative estimate of drug-likeness (QED) is 0.0791. The fourth-order valence-corrected chi connectivity index (χ4v) is 5.80. The van der Waals surface area contributed by atoms with Crippen LogP contribution in [0.2, 0.25) is 0 Å². The summed E-state index contributed by atoms with van der Waals surface area (Å²) in [6.07, 6.45) is 0.817. The van der Waals surface area contributed by atoms with Crippen molar-refractivity contribution in [1.29, 1.82) is 0 Å². The zero-order chi connectivity index (χ0) is 37.3. The van der Waals surface area contributed by atoms with Gasteiger partial charge in [-0.1, -0.05) is 48.5 Å². The van der Waals surface area contributed by atoms with Crippen LogP contribution in [0.4, 0.5) is 21.4 Å². The number of nitrogen functional groups attached to an aromatic ring is 1. The first kappa shape index (κ1) is 37.3. The van der Waals surface area contributed by atoms with Gasteiger partial charge in [0.2, 0.25) is 11.9 Å². The van der Waals surface area contributed by atoms with Crippen molar-refractivity contribution < 1.29 is 33.4 Å². The van der Waals surface area contributed by atoms with Crippen LogP contribution in [0.3, 0.4) is 0 Å². The van der Waals surface area contributed by atoms with Crippen LogP contribution in [0.15, 0.2) is 54.9 Å². The van der Waals surface area contributed by atoms with E-state index in [0.717, 1.165) is 22.3 Å². The van der Waals surface area contributed by atoms with Gasteiger partial charge in [-0.15, -0.1) is 0 Å². The predicted molar refractivity (Wildman–Crippen MR) is 193 cm³/mol. The number of aromatic nitrogens is 4. The van der Waals surface area contributed by atoms with Crippen molar-refractivity contribution in [2.24, 2.45) is 0 Å². The van der Waals surface area contributed by atoms with Crippen LogP contribution < -0.4 is 21.7 Å². The molecule has 5 rings (SSSR count). The average Bonchev–Trinajstić information content (AvgIpc) is 3.65. The molecule has 0 unspecified atom stereocenters. The van der Waals surface area contributed by atoms with Crippen molar-refractivity contribution in [3.63, 3.8) is 0 Å². The number of imidazole rings is 1. The lowest BCUT2D eigenvalue weighted by Crippen LogP contribution is -2.43. The minimum atomic E-state index is -0.640. The topological polar surface area (TPSA) is 205 Å². The highest BCUT2D eigenvalue weighted by Gasteiger charge is 2.29. The highest BCUT2D eigenvalue weighted by atomic mass is 16.6. The molecule has 0 aliphatic heterocycles. The van der Waals surface area contributed by atoms with Gasteiger partial charge >= 0.3 is 18.2 Å². The molecule has 0 radical (unpaired) electrons. The number of esters is 1. The number of nitrogens with two attached hydrogens (primary N) is 1. The SMILES string of the molecule is CCOC(=O)CN(CCNC(=O)OCC1c2ccccc2-c2ccccc21)C(=O)Cn1cnc2c(N)nc(NCCCNC(=O)OC(C)(C)C)nc21. The van der Waals surface area contributed by atoms with Crippen molar-refractivity contribution in [3.05, 3.63) is 66.0 Å². The third-order valence-corrected chi connectivity index (χ3v) is 8.07. The third kappa shape index (κ3) is 9.64. The Bertz CT molecular complexity index is 1860. The van der Waals surface area contributed by atoms with E-state index in [4.69, 9.17) is 19.9 Å². The summed E-state index contributed by atoms with van der Waals surface area (Å²) in [6.45, 7) is 7.58. The van der Waals surface area contributed by atoms with Gasteiger partial charge < -0.3 is 45.4 Å². The van der Waals surface area contributed by atoms with Crippen LogP contribution in [-0.4, -0.2) is 100 Å². The largest absolute Gasteiger partial charge is 0.465 e. The summed E-state index contributed by atoms with van der Waals surface area (Å²) >= 11 is 0. The fraction of sp³-hybridized carbons (Fsp3) is 0.417. The van der Waals surface area contributed by atoms with Crippen molar-refractivity contribution >= 4 is 47.0 Å². The molecule has 1 aliphatic carbocycles. The van der Waals surface area contributed by atoms with E-state index in [1.165, 1.54) is 15.8 Å². The number of alkyl carbamates (subject to hydrolysis) is 2. The number of amides is 3. The van der Waals surface area contributed by atoms with E-state index >= 15 is 0 Å². The van der Waals surface area contributed by atoms with Crippen molar-refractivity contribution in [1.82, 2.24) is 35.1 Å². The highest BCUT2D eigenvalue weighted by molar-refractivity contribution is 5.86. The Morgan fingerprint density at radius 2 is 1.58 bits per heavy atom. The van der Waals surface area contributed by atoms with Gasteiger partial charge in [-0.05, 0) is 56.4 Å². The number of rotatable bonds is 15. The second-order valence-corrected chi connectivity index (χ2v) is 13.1. The molecule has 276 valence electrons. The Hall–Kier alpha value is -5.93. The molecule has 16 heteroatoms. The number of ether oxygens (including phenoxy) is 3. The number of carbonyl (C=O) groups is 4. The molecule has 52 heavy (non-hydrogen) atoms. The molecule has 0 spiro atoms. The van der Waals surface area contributed by atoms with E-state index in [9.17, 15) is 19.2 Å². The Morgan fingerprint density at radius 1 is 0.904 bits per heavy atom. The lowest BCUT2D eigenvalue weighted by Gasteiger charge is -2.22. The maximum atomic E-state index is 13.5. The van der Waals surface area contributed by atoms with Crippen molar-refractivity contribution in [2.75, 3.05) is 57.0 Å². The minimum absolute atomic E-state index is 0.00965. The Labute approximate surface area is 301 Å². The molecule has 0 saturated carbocycles. The molecule has 2 aromatic heterocycles. The molecule has 0 fully saturated rings. The Kier molecular flexibility index (Phi) is 12.1. The van der Waals surface area contributed by atoms with Gasteiger partial charge in [0.25, 0.3) is 0 Å². The van der Waals surface area contributed by atoms with E-state index < -0.39 is 29.7 Å². The number of anilines is 2. The van der Waals surface area contributed by atoms with Gasteiger partial charge in [0, 0.05) is 32.1 Å². The van der Waals surface area contributed by atoms with Crippen molar-refractivity contribution in [3.8, 4) is 11.1 Å². The first-order chi connectivity index (χ1) is 24.9. The Balaban J connectivity index is 1.16. The number of nitrogens with one attached hydrogen (secondary N) is 3. The summed E-state index contributed by atoms with van der Waals surface area (Å²) in [7, 11) is 0. The first-order valence-corrected chi connectivity index (χ1v) is 17.1. The zero-order valence-corrected chi connectivity index (χ0v) is 29.8. The summed E-state index contributed by atoms with van der Waals surface area (Å²) < 4.78 is 17.4. The third-order valence-electron chi connectivity index (χ3n) is 8.07. The van der Waals surface area contributed by atoms with Gasteiger partial charge in [0.1, 0.15) is 30.8 Å². The first-order valence-electron chi connectivity index (χ1n) is 17.1. The Morgan fingerprint density at radius 3 is 2.25 bits per heavy atom. The summed E-state index contributed by atoms with van der Waals surface area (Å²) in [5.41, 5.74) is 10.6. The molecule has 16 nitrogen and oxygen atoms in total. The second kappa shape index (κ2) is 16.9. The molecular weight excluding hydrogens is 670 g/mol. The van der Waals surface area contributed by atoms with Crippen LogP contribution in [0.5, 0.6) is 0 Å². The second-order valence-electron chi connectivity index (χ2n) is 13.1. The molecule has 3 amide bonds. The summed E-state index contributed by atoms with van der Waals surface area (Å²) in [5, 5.41) is 8.44. The molecule has 5 N–H and O–H groups in total. The molecule has 1 aliphatic rings. The van der Waals surface area contributed by atoms with E-state index in [1.807, 2.05) is 36.4 Å². The number of carbonyl (C=O) groups excluding carboxylic acids is 4. The number of hydrogen-bond donors (Lipinski definition) is 4. The maximum Gasteiger partial charge on any atom is 0.407 e. The zero-order valence-electron chi connectivity index (χ0n) is 29.8. The number of benzene rings is 2. The van der Waals surface area contributed by atoms with Crippen LogP contribution in [-0.2, 0) is 30.3 Å². The minimum Gasteiger partial charge on any atom is -0.465 e. The van der Waals surface area contributed by atoms with Gasteiger partial charge in [-0.25, -0.2) is 14.6 Å². The lowest BCUT2D eigenvalue weighted by molar-refractivity contribution is -0.149. The normalized spacial score (nSPS) is 12.1. The molecule has 4 aromatic rings. The van der Waals surface area contributed by atoms with E-state index in [-0.39, 0.29) is 57.1 Å². The summed E-state index contributed by atoms with van der Waals surface area (Å²) in [6, 6.07) is 16.1. The molecule has 2 aromatic carbocycles. The molecule has 0 bridgehead atoms. The lowest BCUT2D eigenvalue weighted by atomic mass is 9.98. The van der Waals surface area contributed by atoms with E-state index in [2.05, 4.69) is 43.0 Å². The summed E-state index contributed by atoms with van der Waals surface area (Å²) in [4.78, 5) is 64.9. The molecule has 0 atom stereocenters. The van der Waals surface area contributed by atoms with E-state index in [1.54, 1.807) is 27.7 Å². The van der Waals surface area contributed by atoms with Crippen LogP contribution in [0.1, 0.15) is 51.2 Å². The van der Waals surface area contributed by atoms with E-state index in [0.29, 0.717) is 30.7 Å². The maximum absolute atomic E-state index is 13.5. The number of fused-ring (bicyclic) bond motifs is 4. The van der Waals surface area contributed by atoms with Crippen molar-refractivity contribution in [2.45, 2.75) is 52.2 Å².